The van der Waals surface area contributed by atoms with Gasteiger partial charge in [-0.2, -0.15) is 0 Å². The molecular weight excluding hydrogens is 462 g/mol. The van der Waals surface area contributed by atoms with Crippen LogP contribution in [0.1, 0.15) is 99.2 Å². The first-order valence-corrected chi connectivity index (χ1v) is 14.5. The van der Waals surface area contributed by atoms with Crippen LogP contribution in [0.5, 0.6) is 0 Å². The summed E-state index contributed by atoms with van der Waals surface area (Å²) in [6, 6.07) is 13.6. The lowest BCUT2D eigenvalue weighted by Crippen LogP contribution is -2.48. The number of hydrogen-bond donors (Lipinski definition) is 1. The lowest BCUT2D eigenvalue weighted by Gasteiger charge is -2.47. The Labute approximate surface area is 221 Å². The summed E-state index contributed by atoms with van der Waals surface area (Å²) in [5.41, 5.74) is 5.47. The second-order valence-electron chi connectivity index (χ2n) is 11.6. The van der Waals surface area contributed by atoms with E-state index in [4.69, 9.17) is 14.5 Å². The third-order valence-electron chi connectivity index (χ3n) is 9.53. The van der Waals surface area contributed by atoms with Gasteiger partial charge in [0, 0.05) is 36.5 Å². The van der Waals surface area contributed by atoms with Gasteiger partial charge >= 0.3 is 6.09 Å². The van der Waals surface area contributed by atoms with Crippen molar-refractivity contribution in [2.24, 2.45) is 0 Å². The molecule has 1 N–H and O–H groups in total. The van der Waals surface area contributed by atoms with Crippen LogP contribution in [-0.2, 0) is 21.3 Å². The van der Waals surface area contributed by atoms with Gasteiger partial charge < -0.3 is 19.7 Å². The standard InChI is InChI=1S/C31H41N3O3/c1-2-36-29(35)34-20-13-23-8-7-9-24-25(11-12-26(34)28(23)24)32-19-16-30(27-10-3-6-18-33-27)17-21-37-31(22-30)14-4-5-15-31/h3,6-10,18,25-26,32H,2,4-5,11-17,19-22H2,1H3/t25?,26?,30-/m1/s1. The molecule has 1 saturated heterocycles. The van der Waals surface area contributed by atoms with Gasteiger partial charge in [-0.3, -0.25) is 4.98 Å². The molecule has 4 aliphatic rings. The summed E-state index contributed by atoms with van der Waals surface area (Å²) in [5, 5.41) is 3.96. The molecule has 1 amide bonds. The van der Waals surface area contributed by atoms with Gasteiger partial charge in [0.1, 0.15) is 0 Å². The topological polar surface area (TPSA) is 63.7 Å². The zero-order chi connectivity index (χ0) is 25.3. The van der Waals surface area contributed by atoms with E-state index in [1.807, 2.05) is 24.1 Å². The average molecular weight is 504 g/mol. The highest BCUT2D eigenvalue weighted by molar-refractivity contribution is 5.69. The van der Waals surface area contributed by atoms with Gasteiger partial charge in [0.05, 0.1) is 18.2 Å². The number of carbonyl (C=O) groups excluding carboxylic acids is 1. The van der Waals surface area contributed by atoms with Crippen molar-refractivity contribution in [3.8, 4) is 0 Å². The summed E-state index contributed by atoms with van der Waals surface area (Å²) in [5.74, 6) is 0. The molecule has 2 unspecified atom stereocenters. The van der Waals surface area contributed by atoms with Crippen LogP contribution in [0.15, 0.2) is 42.6 Å². The molecule has 3 heterocycles. The number of nitrogens with zero attached hydrogens (tertiary/aromatic N) is 2. The number of nitrogens with one attached hydrogen (secondary N) is 1. The number of carbonyl (C=O) groups is 1. The highest BCUT2D eigenvalue weighted by Gasteiger charge is 2.48. The van der Waals surface area contributed by atoms with Crippen molar-refractivity contribution in [1.29, 1.82) is 0 Å². The summed E-state index contributed by atoms with van der Waals surface area (Å²) in [4.78, 5) is 19.5. The molecule has 2 aromatic rings. The number of rotatable bonds is 6. The molecule has 2 aliphatic heterocycles. The van der Waals surface area contributed by atoms with Crippen LogP contribution in [0.2, 0.25) is 0 Å². The molecule has 3 atom stereocenters. The van der Waals surface area contributed by atoms with Crippen molar-refractivity contribution >= 4 is 6.09 Å². The van der Waals surface area contributed by atoms with Crippen molar-refractivity contribution in [3.63, 3.8) is 0 Å². The van der Waals surface area contributed by atoms with Crippen molar-refractivity contribution in [3.05, 3.63) is 65.0 Å². The molecule has 6 rings (SSSR count). The maximum atomic E-state index is 12.7. The minimum Gasteiger partial charge on any atom is -0.450 e. The second kappa shape index (κ2) is 10.4. The van der Waals surface area contributed by atoms with Crippen molar-refractivity contribution in [2.45, 2.75) is 94.2 Å². The molecule has 0 radical (unpaired) electrons. The van der Waals surface area contributed by atoms with Crippen LogP contribution >= 0.6 is 0 Å². The summed E-state index contributed by atoms with van der Waals surface area (Å²) in [7, 11) is 0. The summed E-state index contributed by atoms with van der Waals surface area (Å²) >= 11 is 0. The van der Waals surface area contributed by atoms with E-state index in [-0.39, 0.29) is 23.2 Å². The smallest absolute Gasteiger partial charge is 0.410 e. The number of amides is 1. The normalized spacial score (nSPS) is 28.2. The highest BCUT2D eigenvalue weighted by Crippen LogP contribution is 2.50. The fourth-order valence-corrected chi connectivity index (χ4v) is 7.81. The van der Waals surface area contributed by atoms with Crippen LogP contribution in [-0.4, -0.2) is 47.9 Å². The third kappa shape index (κ3) is 4.67. The van der Waals surface area contributed by atoms with Crippen molar-refractivity contribution < 1.29 is 14.3 Å². The van der Waals surface area contributed by atoms with E-state index in [2.05, 4.69) is 35.6 Å². The Bertz CT molecular complexity index is 1100. The first-order chi connectivity index (χ1) is 18.1. The molecule has 37 heavy (non-hydrogen) atoms. The first-order valence-electron chi connectivity index (χ1n) is 14.5. The van der Waals surface area contributed by atoms with Crippen molar-refractivity contribution in [2.75, 3.05) is 26.3 Å². The van der Waals surface area contributed by atoms with Crippen molar-refractivity contribution in [1.82, 2.24) is 15.2 Å². The number of ether oxygens (including phenoxy) is 2. The van der Waals surface area contributed by atoms with Gasteiger partial charge in [-0.15, -0.1) is 0 Å². The van der Waals surface area contributed by atoms with E-state index in [0.717, 1.165) is 58.2 Å². The minimum atomic E-state index is -0.169. The number of pyridine rings is 1. The lowest BCUT2D eigenvalue weighted by molar-refractivity contribution is -0.104. The van der Waals surface area contributed by atoms with Crippen LogP contribution < -0.4 is 5.32 Å². The van der Waals surface area contributed by atoms with E-state index in [1.165, 1.54) is 48.1 Å². The lowest BCUT2D eigenvalue weighted by atomic mass is 9.68. The summed E-state index contributed by atoms with van der Waals surface area (Å²) in [6.07, 6.45) is 12.8. The van der Waals surface area contributed by atoms with Gasteiger partial charge in [-0.25, -0.2) is 4.79 Å². The Morgan fingerprint density at radius 2 is 2.05 bits per heavy atom. The SMILES string of the molecule is CCOC(=O)N1CCc2cccc3c2C1CCC3NCC[C@@]1(c2ccccn2)CCOC2(CCCC2)C1. The Morgan fingerprint density at radius 1 is 1.16 bits per heavy atom. The fourth-order valence-electron chi connectivity index (χ4n) is 7.81. The number of aromatic nitrogens is 1. The zero-order valence-electron chi connectivity index (χ0n) is 22.2. The zero-order valence-corrected chi connectivity index (χ0v) is 22.2. The van der Waals surface area contributed by atoms with Crippen LogP contribution in [0, 0.1) is 0 Å². The van der Waals surface area contributed by atoms with Gasteiger partial charge in [0.25, 0.3) is 0 Å². The second-order valence-corrected chi connectivity index (χ2v) is 11.6. The molecular formula is C31H41N3O3. The van der Waals surface area contributed by atoms with E-state index < -0.39 is 0 Å². The van der Waals surface area contributed by atoms with Crippen LogP contribution in [0.3, 0.4) is 0 Å². The fraction of sp³-hybridized carbons (Fsp3) is 0.613. The van der Waals surface area contributed by atoms with Gasteiger partial charge in [0.15, 0.2) is 0 Å². The molecule has 2 fully saturated rings. The van der Waals surface area contributed by atoms with E-state index >= 15 is 0 Å². The van der Waals surface area contributed by atoms with E-state index in [9.17, 15) is 4.79 Å². The quantitative estimate of drug-likeness (QED) is 0.523. The maximum Gasteiger partial charge on any atom is 0.410 e. The molecule has 6 nitrogen and oxygen atoms in total. The Kier molecular flexibility index (Phi) is 6.97. The molecule has 1 saturated carbocycles. The predicted molar refractivity (Wildman–Crippen MR) is 144 cm³/mol. The maximum absolute atomic E-state index is 12.7. The Balaban J connectivity index is 1.20. The van der Waals surface area contributed by atoms with Crippen LogP contribution in [0.25, 0.3) is 0 Å². The Hall–Kier alpha value is -2.44. The molecule has 1 aromatic carbocycles. The van der Waals surface area contributed by atoms with Gasteiger partial charge in [0.2, 0.25) is 0 Å². The monoisotopic (exact) mass is 503 g/mol. The first kappa shape index (κ1) is 24.9. The van der Waals surface area contributed by atoms with Gasteiger partial charge in [-0.1, -0.05) is 37.1 Å². The number of hydrogen-bond acceptors (Lipinski definition) is 5. The summed E-state index contributed by atoms with van der Waals surface area (Å²) < 4.78 is 11.8. The van der Waals surface area contributed by atoms with E-state index in [1.54, 1.807) is 0 Å². The Morgan fingerprint density at radius 3 is 2.86 bits per heavy atom. The average Bonchev–Trinajstić information content (AvgIpc) is 3.37. The molecule has 6 heteroatoms. The largest absolute Gasteiger partial charge is 0.450 e. The molecule has 0 bridgehead atoms. The highest BCUT2D eigenvalue weighted by atomic mass is 16.6. The molecule has 1 aromatic heterocycles. The van der Waals surface area contributed by atoms with Gasteiger partial charge in [-0.05, 0) is 93.7 Å². The molecule has 198 valence electrons. The number of benzene rings is 1. The van der Waals surface area contributed by atoms with Crippen LogP contribution in [0.4, 0.5) is 4.79 Å². The summed E-state index contributed by atoms with van der Waals surface area (Å²) in [6.45, 7) is 4.83. The molecule has 1 spiro atoms. The van der Waals surface area contributed by atoms with E-state index in [0.29, 0.717) is 12.6 Å². The minimum absolute atomic E-state index is 0.0445. The predicted octanol–water partition coefficient (Wildman–Crippen LogP) is 6.01. The third-order valence-corrected chi connectivity index (χ3v) is 9.53. The molecule has 2 aliphatic carbocycles.